The van der Waals surface area contributed by atoms with Gasteiger partial charge in [-0.25, -0.2) is 12.8 Å². The van der Waals surface area contributed by atoms with Gasteiger partial charge in [0.2, 0.25) is 0 Å². The molecule has 0 aromatic heterocycles. The summed E-state index contributed by atoms with van der Waals surface area (Å²) in [6.07, 6.45) is 0.524. The van der Waals surface area contributed by atoms with Crippen LogP contribution in [0.3, 0.4) is 0 Å². The first-order valence-electron chi connectivity index (χ1n) is 10.1. The summed E-state index contributed by atoms with van der Waals surface area (Å²) < 4.78 is 40.9. The van der Waals surface area contributed by atoms with Crippen LogP contribution < -0.4 is 9.62 Å². The van der Waals surface area contributed by atoms with Crippen molar-refractivity contribution in [2.24, 2.45) is 0 Å². The zero-order valence-electron chi connectivity index (χ0n) is 17.2. The number of nitrogens with one attached hydrogen (secondary N) is 1. The van der Waals surface area contributed by atoms with E-state index in [-0.39, 0.29) is 28.7 Å². The molecule has 4 rings (SSSR count). The Morgan fingerprint density at radius 2 is 1.74 bits per heavy atom. The fourth-order valence-corrected chi connectivity index (χ4v) is 5.64. The Kier molecular flexibility index (Phi) is 5.54. The predicted octanol–water partition coefficient (Wildman–Crippen LogP) is 4.46. The van der Waals surface area contributed by atoms with Crippen molar-refractivity contribution in [3.63, 3.8) is 0 Å². The Labute approximate surface area is 181 Å². The van der Waals surface area contributed by atoms with E-state index < -0.39 is 10.0 Å². The van der Waals surface area contributed by atoms with Crippen LogP contribution >= 0.6 is 0 Å². The van der Waals surface area contributed by atoms with E-state index in [1.54, 1.807) is 60.7 Å². The minimum Gasteiger partial charge on any atom is -0.346 e. The normalized spacial score (nSPS) is 16.6. The van der Waals surface area contributed by atoms with Gasteiger partial charge < -0.3 is 5.32 Å². The maximum atomic E-state index is 13.2. The molecule has 0 unspecified atom stereocenters. The number of nitrogens with zero attached hydrogens (tertiary/aromatic N) is 1. The lowest BCUT2D eigenvalue weighted by Gasteiger charge is -2.24. The lowest BCUT2D eigenvalue weighted by atomic mass is 10.0. The zero-order valence-corrected chi connectivity index (χ0v) is 18.1. The number of rotatable bonds is 5. The fourth-order valence-electron chi connectivity index (χ4n) is 3.93. The van der Waals surface area contributed by atoms with Crippen LogP contribution in [-0.4, -0.2) is 20.4 Å². The number of benzene rings is 3. The molecular weight excluding hydrogens is 415 g/mol. The summed E-state index contributed by atoms with van der Waals surface area (Å²) in [7, 11) is -3.69. The van der Waals surface area contributed by atoms with E-state index in [1.807, 2.05) is 13.8 Å². The number of amides is 1. The first-order chi connectivity index (χ1) is 14.8. The van der Waals surface area contributed by atoms with E-state index in [1.165, 1.54) is 16.4 Å². The molecule has 3 aromatic rings. The molecule has 0 bridgehead atoms. The number of anilines is 1. The monoisotopic (exact) mass is 438 g/mol. The Bertz CT molecular complexity index is 1210. The topological polar surface area (TPSA) is 66.5 Å². The highest BCUT2D eigenvalue weighted by molar-refractivity contribution is 7.92. The Morgan fingerprint density at radius 3 is 2.42 bits per heavy atom. The van der Waals surface area contributed by atoms with Crippen LogP contribution in [0.25, 0.3) is 0 Å². The molecule has 0 saturated carbocycles. The maximum Gasteiger partial charge on any atom is 0.264 e. The molecule has 1 heterocycles. The maximum absolute atomic E-state index is 13.2. The summed E-state index contributed by atoms with van der Waals surface area (Å²) in [6.45, 7) is 3.69. The van der Waals surface area contributed by atoms with Crippen molar-refractivity contribution in [1.29, 1.82) is 0 Å². The van der Waals surface area contributed by atoms with E-state index in [0.29, 0.717) is 17.7 Å². The Morgan fingerprint density at radius 1 is 1.06 bits per heavy atom. The lowest BCUT2D eigenvalue weighted by Crippen LogP contribution is -2.35. The van der Waals surface area contributed by atoms with Gasteiger partial charge in [-0.05, 0) is 73.9 Å². The summed E-state index contributed by atoms with van der Waals surface area (Å²) in [4.78, 5) is 13.0. The smallest absolute Gasteiger partial charge is 0.264 e. The SMILES string of the molecule is C[C@@H](NC(=O)c1ccc2c(c1)C[C@H](C)N2S(=O)(=O)c1ccccc1)c1ccc(F)cc1. The van der Waals surface area contributed by atoms with Crippen LogP contribution in [0.5, 0.6) is 0 Å². The minimum atomic E-state index is -3.69. The van der Waals surface area contributed by atoms with Crippen molar-refractivity contribution in [3.05, 3.63) is 95.3 Å². The van der Waals surface area contributed by atoms with Gasteiger partial charge in [0.05, 0.1) is 16.6 Å². The molecule has 1 N–H and O–H groups in total. The van der Waals surface area contributed by atoms with Gasteiger partial charge in [0.15, 0.2) is 0 Å². The van der Waals surface area contributed by atoms with Crippen molar-refractivity contribution in [2.75, 3.05) is 4.31 Å². The Hall–Kier alpha value is -3.19. The van der Waals surface area contributed by atoms with Crippen LogP contribution in [-0.2, 0) is 16.4 Å². The summed E-state index contributed by atoms with van der Waals surface area (Å²) in [5.41, 5.74) is 2.66. The van der Waals surface area contributed by atoms with Gasteiger partial charge in [-0.1, -0.05) is 30.3 Å². The first-order valence-corrected chi connectivity index (χ1v) is 11.5. The number of hydrogen-bond donors (Lipinski definition) is 1. The molecule has 0 radical (unpaired) electrons. The summed E-state index contributed by atoms with van der Waals surface area (Å²) in [6, 6.07) is 18.9. The molecule has 1 amide bonds. The number of sulfonamides is 1. The van der Waals surface area contributed by atoms with E-state index in [9.17, 15) is 17.6 Å². The summed E-state index contributed by atoms with van der Waals surface area (Å²) in [5, 5.41) is 2.91. The van der Waals surface area contributed by atoms with Crippen LogP contribution in [0, 0.1) is 5.82 Å². The van der Waals surface area contributed by atoms with E-state index >= 15 is 0 Å². The van der Waals surface area contributed by atoms with Gasteiger partial charge >= 0.3 is 0 Å². The molecule has 2 atom stereocenters. The third-order valence-electron chi connectivity index (χ3n) is 5.51. The van der Waals surface area contributed by atoms with Gasteiger partial charge in [-0.15, -0.1) is 0 Å². The van der Waals surface area contributed by atoms with Gasteiger partial charge in [0, 0.05) is 11.6 Å². The van der Waals surface area contributed by atoms with E-state index in [0.717, 1.165) is 11.1 Å². The second-order valence-corrected chi connectivity index (χ2v) is 9.57. The molecule has 3 aromatic carbocycles. The minimum absolute atomic E-state index is 0.240. The van der Waals surface area contributed by atoms with E-state index in [2.05, 4.69) is 5.32 Å². The quantitative estimate of drug-likeness (QED) is 0.640. The Balaban J connectivity index is 1.57. The number of carbonyl (C=O) groups excluding carboxylic acids is 1. The number of fused-ring (bicyclic) bond motifs is 1. The van der Waals surface area contributed by atoms with Crippen LogP contribution in [0.4, 0.5) is 10.1 Å². The third kappa shape index (κ3) is 4.05. The van der Waals surface area contributed by atoms with Crippen molar-refractivity contribution in [2.45, 2.75) is 37.2 Å². The molecule has 0 spiro atoms. The fraction of sp³-hybridized carbons (Fsp3) is 0.208. The molecular formula is C24H23FN2O3S. The highest BCUT2D eigenvalue weighted by Gasteiger charge is 2.36. The summed E-state index contributed by atoms with van der Waals surface area (Å²) in [5.74, 6) is -0.596. The van der Waals surface area contributed by atoms with E-state index in [4.69, 9.17) is 0 Å². The van der Waals surface area contributed by atoms with Gasteiger partial charge in [0.25, 0.3) is 15.9 Å². The third-order valence-corrected chi connectivity index (χ3v) is 7.45. The predicted molar refractivity (Wildman–Crippen MR) is 118 cm³/mol. The van der Waals surface area contributed by atoms with Gasteiger partial charge in [0.1, 0.15) is 5.82 Å². The van der Waals surface area contributed by atoms with Crippen LogP contribution in [0.2, 0.25) is 0 Å². The lowest BCUT2D eigenvalue weighted by molar-refractivity contribution is 0.0940. The van der Waals surface area contributed by atoms with Crippen molar-refractivity contribution < 1.29 is 17.6 Å². The van der Waals surface area contributed by atoms with Crippen LogP contribution in [0.15, 0.2) is 77.7 Å². The van der Waals surface area contributed by atoms with Crippen molar-refractivity contribution in [3.8, 4) is 0 Å². The molecule has 160 valence electrons. The van der Waals surface area contributed by atoms with Crippen molar-refractivity contribution in [1.82, 2.24) is 5.32 Å². The largest absolute Gasteiger partial charge is 0.346 e. The van der Waals surface area contributed by atoms with Crippen molar-refractivity contribution >= 4 is 21.6 Å². The molecule has 7 heteroatoms. The number of hydrogen-bond acceptors (Lipinski definition) is 3. The van der Waals surface area contributed by atoms with Crippen LogP contribution in [0.1, 0.15) is 41.4 Å². The number of halogens is 1. The molecule has 0 saturated heterocycles. The first kappa shape index (κ1) is 21.1. The van der Waals surface area contributed by atoms with Gasteiger partial charge in [-0.2, -0.15) is 0 Å². The average Bonchev–Trinajstić information content (AvgIpc) is 3.10. The molecule has 1 aliphatic rings. The highest BCUT2D eigenvalue weighted by Crippen LogP contribution is 2.37. The molecule has 0 fully saturated rings. The van der Waals surface area contributed by atoms with Gasteiger partial charge in [-0.3, -0.25) is 9.10 Å². The highest BCUT2D eigenvalue weighted by atomic mass is 32.2. The molecule has 1 aliphatic heterocycles. The number of carbonyl (C=O) groups is 1. The summed E-state index contributed by atoms with van der Waals surface area (Å²) >= 11 is 0. The standard InChI is InChI=1S/C24H23FN2O3S/c1-16-14-20-15-19(24(28)26-17(2)18-8-11-21(25)12-9-18)10-13-23(20)27(16)31(29,30)22-6-4-3-5-7-22/h3-13,15-17H,14H2,1-2H3,(H,26,28)/t16-,17+/m0/s1. The average molecular weight is 439 g/mol. The molecule has 5 nitrogen and oxygen atoms in total. The molecule has 31 heavy (non-hydrogen) atoms. The molecule has 0 aliphatic carbocycles. The second-order valence-electron chi connectivity index (χ2n) is 7.76. The second kappa shape index (κ2) is 8.15. The zero-order chi connectivity index (χ0) is 22.2.